The van der Waals surface area contributed by atoms with Crippen molar-refractivity contribution in [2.24, 2.45) is 0 Å². The van der Waals surface area contributed by atoms with Crippen molar-refractivity contribution < 1.29 is 14.3 Å². The van der Waals surface area contributed by atoms with Gasteiger partial charge in [0.25, 0.3) is 5.91 Å². The van der Waals surface area contributed by atoms with Gasteiger partial charge >= 0.3 is 6.09 Å². The first-order valence-electron chi connectivity index (χ1n) is 9.84. The molecule has 2 amide bonds. The molecular weight excluding hydrogens is 370 g/mol. The van der Waals surface area contributed by atoms with Gasteiger partial charge in [-0.05, 0) is 44.0 Å². The molecule has 2 saturated heterocycles. The number of piperazine rings is 1. The Balaban J connectivity index is 1.39. The van der Waals surface area contributed by atoms with Crippen LogP contribution in [0.3, 0.4) is 0 Å². The average Bonchev–Trinajstić information content (AvgIpc) is 3.06. The van der Waals surface area contributed by atoms with Crippen molar-refractivity contribution in [2.45, 2.75) is 26.9 Å². The van der Waals surface area contributed by atoms with Gasteiger partial charge in [-0.2, -0.15) is 0 Å². The lowest BCUT2D eigenvalue weighted by Crippen LogP contribution is -2.49. The zero-order valence-corrected chi connectivity index (χ0v) is 17.0. The number of ether oxygens (including phenoxy) is 1. The molecule has 2 aromatic heterocycles. The second-order valence-electron chi connectivity index (χ2n) is 7.64. The normalized spacial score (nSPS) is 19.5. The van der Waals surface area contributed by atoms with E-state index in [0.29, 0.717) is 31.0 Å². The molecule has 2 aliphatic heterocycles. The fourth-order valence-corrected chi connectivity index (χ4v) is 3.81. The molecule has 0 saturated carbocycles. The van der Waals surface area contributed by atoms with E-state index in [4.69, 9.17) is 4.74 Å². The number of aryl methyl sites for hydroxylation is 2. The maximum Gasteiger partial charge on any atom is 0.415 e. The Bertz CT molecular complexity index is 922. The van der Waals surface area contributed by atoms with Gasteiger partial charge < -0.3 is 14.5 Å². The molecule has 4 heterocycles. The first-order chi connectivity index (χ1) is 13.9. The fraction of sp³-hybridized carbons (Fsp3) is 0.429. The number of carbonyl (C=O) groups is 2. The third kappa shape index (κ3) is 3.87. The van der Waals surface area contributed by atoms with Gasteiger partial charge in [-0.15, -0.1) is 0 Å². The number of carbonyl (C=O) groups excluding carboxylic acids is 2. The number of aromatic nitrogens is 2. The summed E-state index contributed by atoms with van der Waals surface area (Å²) in [5.41, 5.74) is 2.82. The molecule has 8 nitrogen and oxygen atoms in total. The Morgan fingerprint density at radius 1 is 1.10 bits per heavy atom. The highest BCUT2D eigenvalue weighted by molar-refractivity contribution is 5.95. The van der Waals surface area contributed by atoms with E-state index in [-0.39, 0.29) is 12.0 Å². The van der Waals surface area contributed by atoms with Gasteiger partial charge in [0.1, 0.15) is 17.7 Å². The van der Waals surface area contributed by atoms with E-state index in [1.54, 1.807) is 12.1 Å². The van der Waals surface area contributed by atoms with Gasteiger partial charge in [0.2, 0.25) is 0 Å². The molecule has 29 heavy (non-hydrogen) atoms. The largest absolute Gasteiger partial charge is 0.444 e. The number of hydrogen-bond acceptors (Lipinski definition) is 6. The third-order valence-corrected chi connectivity index (χ3v) is 5.29. The first-order valence-corrected chi connectivity index (χ1v) is 9.84. The minimum Gasteiger partial charge on any atom is -0.444 e. The standard InChI is InChI=1S/C21H25N5O3/c1-14-10-15(2)19(23-11-14)24-6-8-25(9-7-24)20(27)17-4-5-18(22-12-17)26-13-16(3)29-21(26)28/h4-5,10-12,16H,6-9,13H2,1-3H3/t16-/m0/s1. The molecule has 0 aromatic carbocycles. The van der Waals surface area contributed by atoms with Crippen LogP contribution in [0.5, 0.6) is 0 Å². The van der Waals surface area contributed by atoms with Crippen molar-refractivity contribution in [1.29, 1.82) is 0 Å². The zero-order valence-electron chi connectivity index (χ0n) is 17.0. The number of rotatable bonds is 3. The van der Waals surface area contributed by atoms with Crippen LogP contribution in [0.25, 0.3) is 0 Å². The molecule has 2 aromatic rings. The van der Waals surface area contributed by atoms with E-state index >= 15 is 0 Å². The second-order valence-corrected chi connectivity index (χ2v) is 7.64. The summed E-state index contributed by atoms with van der Waals surface area (Å²) >= 11 is 0. The van der Waals surface area contributed by atoms with Crippen molar-refractivity contribution in [3.8, 4) is 0 Å². The zero-order chi connectivity index (χ0) is 20.5. The Morgan fingerprint density at radius 2 is 1.86 bits per heavy atom. The van der Waals surface area contributed by atoms with Crippen LogP contribution in [-0.2, 0) is 4.74 Å². The maximum atomic E-state index is 12.9. The molecule has 0 spiro atoms. The summed E-state index contributed by atoms with van der Waals surface area (Å²) in [6, 6.07) is 5.55. The molecule has 2 fully saturated rings. The quantitative estimate of drug-likeness (QED) is 0.794. The van der Waals surface area contributed by atoms with Crippen LogP contribution >= 0.6 is 0 Å². The van der Waals surface area contributed by atoms with E-state index in [9.17, 15) is 9.59 Å². The number of cyclic esters (lactones) is 1. The molecule has 1 atom stereocenters. The van der Waals surface area contributed by atoms with Crippen LogP contribution in [0.1, 0.15) is 28.4 Å². The molecule has 8 heteroatoms. The van der Waals surface area contributed by atoms with Crippen molar-refractivity contribution in [3.63, 3.8) is 0 Å². The number of amides is 2. The molecule has 0 aliphatic carbocycles. The third-order valence-electron chi connectivity index (χ3n) is 5.29. The van der Waals surface area contributed by atoms with Crippen molar-refractivity contribution in [2.75, 3.05) is 42.5 Å². The van der Waals surface area contributed by atoms with E-state index in [1.165, 1.54) is 11.1 Å². The molecule has 0 bridgehead atoms. The SMILES string of the molecule is Cc1cnc(N2CCN(C(=O)c3ccc(N4C[C@H](C)OC4=O)nc3)CC2)c(C)c1. The molecule has 152 valence electrons. The predicted molar refractivity (Wildman–Crippen MR) is 109 cm³/mol. The smallest absolute Gasteiger partial charge is 0.415 e. The summed E-state index contributed by atoms with van der Waals surface area (Å²) in [6.07, 6.45) is 2.85. The highest BCUT2D eigenvalue weighted by Crippen LogP contribution is 2.22. The van der Waals surface area contributed by atoms with Crippen molar-refractivity contribution in [1.82, 2.24) is 14.9 Å². The molecule has 0 unspecified atom stereocenters. The number of anilines is 2. The van der Waals surface area contributed by atoms with Crippen LogP contribution in [-0.4, -0.2) is 65.7 Å². The average molecular weight is 395 g/mol. The van der Waals surface area contributed by atoms with E-state index in [0.717, 1.165) is 30.0 Å². The van der Waals surface area contributed by atoms with E-state index in [1.807, 2.05) is 24.9 Å². The van der Waals surface area contributed by atoms with Gasteiger partial charge in [-0.25, -0.2) is 14.8 Å². The molecule has 0 radical (unpaired) electrons. The summed E-state index contributed by atoms with van der Waals surface area (Å²) < 4.78 is 5.12. The lowest BCUT2D eigenvalue weighted by atomic mass is 10.2. The Labute approximate surface area is 170 Å². The highest BCUT2D eigenvalue weighted by Gasteiger charge is 2.30. The minimum absolute atomic E-state index is 0.0466. The summed E-state index contributed by atoms with van der Waals surface area (Å²) in [6.45, 7) is 9.15. The van der Waals surface area contributed by atoms with Crippen LogP contribution in [0, 0.1) is 13.8 Å². The summed E-state index contributed by atoms with van der Waals surface area (Å²) in [7, 11) is 0. The van der Waals surface area contributed by atoms with Gasteiger partial charge in [0.15, 0.2) is 0 Å². The number of hydrogen-bond donors (Lipinski definition) is 0. The van der Waals surface area contributed by atoms with E-state index < -0.39 is 6.09 Å². The summed E-state index contributed by atoms with van der Waals surface area (Å²) in [5.74, 6) is 1.44. The lowest BCUT2D eigenvalue weighted by molar-refractivity contribution is 0.0746. The fourth-order valence-electron chi connectivity index (χ4n) is 3.81. The monoisotopic (exact) mass is 395 g/mol. The maximum absolute atomic E-state index is 12.9. The van der Waals surface area contributed by atoms with Crippen LogP contribution in [0.4, 0.5) is 16.4 Å². The number of pyridine rings is 2. The Hall–Kier alpha value is -3.16. The lowest BCUT2D eigenvalue weighted by Gasteiger charge is -2.36. The summed E-state index contributed by atoms with van der Waals surface area (Å²) in [5, 5.41) is 0. The van der Waals surface area contributed by atoms with Gasteiger partial charge in [0, 0.05) is 38.6 Å². The highest BCUT2D eigenvalue weighted by atomic mass is 16.6. The van der Waals surface area contributed by atoms with Gasteiger partial charge in [-0.3, -0.25) is 9.69 Å². The summed E-state index contributed by atoms with van der Waals surface area (Å²) in [4.78, 5) is 39.1. The first kappa shape index (κ1) is 19.2. The molecule has 0 N–H and O–H groups in total. The number of nitrogens with zero attached hydrogens (tertiary/aromatic N) is 5. The predicted octanol–water partition coefficient (Wildman–Crippen LogP) is 2.40. The van der Waals surface area contributed by atoms with Crippen LogP contribution in [0.15, 0.2) is 30.6 Å². The van der Waals surface area contributed by atoms with Crippen LogP contribution < -0.4 is 9.80 Å². The molecular formula is C21H25N5O3. The van der Waals surface area contributed by atoms with Crippen molar-refractivity contribution >= 4 is 23.6 Å². The van der Waals surface area contributed by atoms with Gasteiger partial charge in [-0.1, -0.05) is 6.07 Å². The van der Waals surface area contributed by atoms with Crippen molar-refractivity contribution in [3.05, 3.63) is 47.3 Å². The Kier molecular flexibility index (Phi) is 5.08. The Morgan fingerprint density at radius 3 is 2.45 bits per heavy atom. The molecule has 2 aliphatic rings. The second kappa shape index (κ2) is 7.69. The van der Waals surface area contributed by atoms with Gasteiger partial charge in [0.05, 0.1) is 12.1 Å². The topological polar surface area (TPSA) is 78.9 Å². The minimum atomic E-state index is -0.403. The van der Waals surface area contributed by atoms with E-state index in [2.05, 4.69) is 27.9 Å². The van der Waals surface area contributed by atoms with Crippen LogP contribution in [0.2, 0.25) is 0 Å². The molecule has 4 rings (SSSR count).